The van der Waals surface area contributed by atoms with Gasteiger partial charge in [0.15, 0.2) is 0 Å². The van der Waals surface area contributed by atoms with Gasteiger partial charge in [-0.2, -0.15) is 0 Å². The van der Waals surface area contributed by atoms with E-state index in [1.54, 1.807) is 12.1 Å². The molecule has 0 saturated heterocycles. The van der Waals surface area contributed by atoms with Crippen molar-refractivity contribution in [1.29, 1.82) is 0 Å². The van der Waals surface area contributed by atoms with E-state index in [2.05, 4.69) is 10.6 Å². The number of halogens is 1. The van der Waals surface area contributed by atoms with Crippen LogP contribution in [0.4, 0.5) is 14.9 Å². The minimum Gasteiger partial charge on any atom is -0.334 e. The molecule has 1 aliphatic rings. The molecule has 5 heteroatoms. The number of amides is 2. The first-order chi connectivity index (χ1) is 9.69. The van der Waals surface area contributed by atoms with Crippen molar-refractivity contribution >= 4 is 11.7 Å². The Balaban J connectivity index is 1.88. The minimum absolute atomic E-state index is 0.0103. The Morgan fingerprint density at radius 1 is 1.35 bits per heavy atom. The van der Waals surface area contributed by atoms with Gasteiger partial charge in [0.2, 0.25) is 0 Å². The van der Waals surface area contributed by atoms with E-state index >= 15 is 0 Å². The molecule has 20 heavy (non-hydrogen) atoms. The molecule has 4 N–H and O–H groups in total. The number of benzene rings is 1. The maximum absolute atomic E-state index is 13.0. The molecule has 1 saturated carbocycles. The molecule has 0 bridgehead atoms. The number of rotatable bonds is 4. The van der Waals surface area contributed by atoms with Crippen LogP contribution in [0.5, 0.6) is 0 Å². The molecule has 0 aromatic heterocycles. The fourth-order valence-electron chi connectivity index (χ4n) is 2.81. The monoisotopic (exact) mass is 279 g/mol. The summed E-state index contributed by atoms with van der Waals surface area (Å²) in [7, 11) is 0. The molecule has 1 atom stereocenters. The lowest BCUT2D eigenvalue weighted by Gasteiger charge is -2.30. The molecule has 1 aliphatic carbocycles. The van der Waals surface area contributed by atoms with Crippen molar-refractivity contribution < 1.29 is 9.18 Å². The van der Waals surface area contributed by atoms with E-state index in [9.17, 15) is 9.18 Å². The summed E-state index contributed by atoms with van der Waals surface area (Å²) in [5.74, 6) is 0.0810. The Kier molecular flexibility index (Phi) is 5.35. The standard InChI is InChI=1S/C15H22FN3O/c16-12-7-4-8-13(9-12)18-15(20)19-14(10-17)11-5-2-1-3-6-11/h4,7-9,11,14H,1-3,5-6,10,17H2,(H2,18,19,20). The lowest BCUT2D eigenvalue weighted by molar-refractivity contribution is 0.233. The number of anilines is 1. The largest absolute Gasteiger partial charge is 0.334 e. The minimum atomic E-state index is -0.370. The predicted molar refractivity (Wildman–Crippen MR) is 78.0 cm³/mol. The van der Waals surface area contributed by atoms with E-state index in [4.69, 9.17) is 5.73 Å². The molecule has 2 amide bonds. The van der Waals surface area contributed by atoms with Crippen LogP contribution in [-0.2, 0) is 0 Å². The van der Waals surface area contributed by atoms with Crippen LogP contribution in [0.15, 0.2) is 24.3 Å². The van der Waals surface area contributed by atoms with E-state index in [-0.39, 0.29) is 17.9 Å². The normalized spacial score (nSPS) is 17.5. The molecular weight excluding hydrogens is 257 g/mol. The van der Waals surface area contributed by atoms with E-state index in [0.29, 0.717) is 18.2 Å². The van der Waals surface area contributed by atoms with E-state index < -0.39 is 0 Å². The van der Waals surface area contributed by atoms with Crippen LogP contribution in [0.3, 0.4) is 0 Å². The molecular formula is C15H22FN3O. The zero-order chi connectivity index (χ0) is 14.4. The fraction of sp³-hybridized carbons (Fsp3) is 0.533. The van der Waals surface area contributed by atoms with Crippen molar-refractivity contribution in [3.8, 4) is 0 Å². The number of urea groups is 1. The van der Waals surface area contributed by atoms with Crippen LogP contribution in [0.2, 0.25) is 0 Å². The Hall–Kier alpha value is -1.62. The summed E-state index contributed by atoms with van der Waals surface area (Å²) < 4.78 is 13.0. The Bertz CT molecular complexity index is 446. The third-order valence-electron chi connectivity index (χ3n) is 3.87. The van der Waals surface area contributed by atoms with Crippen molar-refractivity contribution in [3.05, 3.63) is 30.1 Å². The first kappa shape index (κ1) is 14.8. The summed E-state index contributed by atoms with van der Waals surface area (Å²) in [4.78, 5) is 11.9. The second kappa shape index (κ2) is 7.24. The van der Waals surface area contributed by atoms with Gasteiger partial charge in [-0.25, -0.2) is 9.18 Å². The van der Waals surface area contributed by atoms with Crippen molar-refractivity contribution in [2.75, 3.05) is 11.9 Å². The smallest absolute Gasteiger partial charge is 0.319 e. The van der Waals surface area contributed by atoms with E-state index in [0.717, 1.165) is 12.8 Å². The van der Waals surface area contributed by atoms with Crippen molar-refractivity contribution in [2.45, 2.75) is 38.1 Å². The quantitative estimate of drug-likeness (QED) is 0.793. The van der Waals surface area contributed by atoms with Gasteiger partial charge in [-0.3, -0.25) is 0 Å². The zero-order valence-electron chi connectivity index (χ0n) is 11.6. The van der Waals surface area contributed by atoms with Gasteiger partial charge in [-0.05, 0) is 37.0 Å². The highest BCUT2D eigenvalue weighted by Gasteiger charge is 2.23. The van der Waals surface area contributed by atoms with Crippen molar-refractivity contribution in [2.24, 2.45) is 11.7 Å². The Labute approximate surface area is 118 Å². The molecule has 1 fully saturated rings. The van der Waals surface area contributed by atoms with Crippen LogP contribution in [-0.4, -0.2) is 18.6 Å². The zero-order valence-corrected chi connectivity index (χ0v) is 11.6. The summed E-state index contributed by atoms with van der Waals surface area (Å²) in [6.45, 7) is 0.432. The second-order valence-electron chi connectivity index (χ2n) is 5.35. The maximum Gasteiger partial charge on any atom is 0.319 e. The van der Waals surface area contributed by atoms with Crippen LogP contribution in [0.25, 0.3) is 0 Å². The molecule has 1 aromatic carbocycles. The highest BCUT2D eigenvalue weighted by molar-refractivity contribution is 5.89. The molecule has 2 rings (SSSR count). The van der Waals surface area contributed by atoms with E-state index in [1.807, 2.05) is 0 Å². The molecule has 0 aliphatic heterocycles. The van der Waals surface area contributed by atoms with Gasteiger partial charge < -0.3 is 16.4 Å². The highest BCUT2D eigenvalue weighted by Crippen LogP contribution is 2.26. The first-order valence-corrected chi connectivity index (χ1v) is 7.22. The summed E-state index contributed by atoms with van der Waals surface area (Å²) in [6.07, 6.45) is 5.90. The number of nitrogens with two attached hydrogens (primary N) is 1. The summed E-state index contributed by atoms with van der Waals surface area (Å²) in [5.41, 5.74) is 6.21. The summed E-state index contributed by atoms with van der Waals surface area (Å²) in [6, 6.07) is 5.51. The molecule has 1 aromatic rings. The highest BCUT2D eigenvalue weighted by atomic mass is 19.1. The Morgan fingerprint density at radius 2 is 2.10 bits per heavy atom. The van der Waals surface area contributed by atoms with Crippen molar-refractivity contribution in [1.82, 2.24) is 5.32 Å². The van der Waals surface area contributed by atoms with E-state index in [1.165, 1.54) is 31.4 Å². The van der Waals surface area contributed by atoms with Crippen molar-refractivity contribution in [3.63, 3.8) is 0 Å². The third kappa shape index (κ3) is 4.20. The molecule has 0 radical (unpaired) electrons. The number of hydrogen-bond acceptors (Lipinski definition) is 2. The predicted octanol–water partition coefficient (Wildman–Crippen LogP) is 2.85. The summed E-state index contributed by atoms with van der Waals surface area (Å²) in [5, 5.41) is 5.55. The molecule has 110 valence electrons. The van der Waals surface area contributed by atoms with Crippen LogP contribution >= 0.6 is 0 Å². The molecule has 0 spiro atoms. The summed E-state index contributed by atoms with van der Waals surface area (Å²) >= 11 is 0. The maximum atomic E-state index is 13.0. The third-order valence-corrected chi connectivity index (χ3v) is 3.87. The van der Waals surface area contributed by atoms with Crippen LogP contribution in [0, 0.1) is 11.7 Å². The average Bonchev–Trinajstić information content (AvgIpc) is 2.45. The number of nitrogens with one attached hydrogen (secondary N) is 2. The Morgan fingerprint density at radius 3 is 2.75 bits per heavy atom. The molecule has 0 heterocycles. The average molecular weight is 279 g/mol. The topological polar surface area (TPSA) is 67.1 Å². The van der Waals surface area contributed by atoms with Gasteiger partial charge in [-0.1, -0.05) is 25.3 Å². The van der Waals surface area contributed by atoms with Gasteiger partial charge >= 0.3 is 6.03 Å². The van der Waals surface area contributed by atoms with Gasteiger partial charge in [0.25, 0.3) is 0 Å². The van der Waals surface area contributed by atoms with Gasteiger partial charge in [0.1, 0.15) is 5.82 Å². The SMILES string of the molecule is NCC(NC(=O)Nc1cccc(F)c1)C1CCCCC1. The van der Waals surface area contributed by atoms with Crippen LogP contribution in [0.1, 0.15) is 32.1 Å². The van der Waals surface area contributed by atoms with Gasteiger partial charge in [0, 0.05) is 18.3 Å². The number of carbonyl (C=O) groups excluding carboxylic acids is 1. The number of carbonyl (C=O) groups is 1. The second-order valence-corrected chi connectivity index (χ2v) is 5.35. The molecule has 1 unspecified atom stereocenters. The molecule has 4 nitrogen and oxygen atoms in total. The first-order valence-electron chi connectivity index (χ1n) is 7.22. The fourth-order valence-corrected chi connectivity index (χ4v) is 2.81. The number of hydrogen-bond donors (Lipinski definition) is 3. The van der Waals surface area contributed by atoms with Gasteiger partial charge in [-0.15, -0.1) is 0 Å². The van der Waals surface area contributed by atoms with Gasteiger partial charge in [0.05, 0.1) is 0 Å². The lowest BCUT2D eigenvalue weighted by Crippen LogP contribution is -2.47. The van der Waals surface area contributed by atoms with Crippen LogP contribution < -0.4 is 16.4 Å². The lowest BCUT2D eigenvalue weighted by atomic mass is 9.84.